The molecule has 1 fully saturated rings. The lowest BCUT2D eigenvalue weighted by molar-refractivity contribution is 0.0337. The molecule has 0 radical (unpaired) electrons. The molecule has 106 valence electrons. The van der Waals surface area contributed by atoms with Gasteiger partial charge in [0.25, 0.3) is 0 Å². The van der Waals surface area contributed by atoms with Crippen LogP contribution < -0.4 is 5.73 Å². The van der Waals surface area contributed by atoms with Crippen molar-refractivity contribution in [1.82, 2.24) is 10.1 Å². The summed E-state index contributed by atoms with van der Waals surface area (Å²) < 4.78 is 24.3. The fourth-order valence-electron chi connectivity index (χ4n) is 2.31. The molecule has 3 rings (SSSR count). The number of morpholine rings is 1. The number of halogens is 1. The Morgan fingerprint density at radius 3 is 2.75 bits per heavy atom. The summed E-state index contributed by atoms with van der Waals surface area (Å²) in [6.07, 6.45) is 1.49. The molecule has 1 aliphatic heterocycles. The molecule has 0 spiro atoms. The van der Waals surface area contributed by atoms with Crippen LogP contribution in [-0.2, 0) is 11.3 Å². The molecule has 0 saturated carbocycles. The first kappa shape index (κ1) is 13.1. The van der Waals surface area contributed by atoms with E-state index in [9.17, 15) is 4.39 Å². The third-order valence-electron chi connectivity index (χ3n) is 3.46. The molecule has 1 aromatic heterocycles. The molecule has 1 aromatic carbocycles. The van der Waals surface area contributed by atoms with Crippen LogP contribution in [0, 0.1) is 5.82 Å². The Labute approximate surface area is 116 Å². The highest BCUT2D eigenvalue weighted by Crippen LogP contribution is 2.27. The van der Waals surface area contributed by atoms with Crippen molar-refractivity contribution in [2.24, 2.45) is 0 Å². The molecular formula is C14H16FN3O2. The van der Waals surface area contributed by atoms with Crippen LogP contribution in [0.1, 0.15) is 5.56 Å². The first-order valence-electron chi connectivity index (χ1n) is 6.53. The van der Waals surface area contributed by atoms with E-state index in [4.69, 9.17) is 15.0 Å². The SMILES string of the molecule is Nc1oncc1-c1ccc(CN2CCOCC2)c(F)c1. The Bertz CT molecular complexity index is 594. The molecule has 2 heterocycles. The molecule has 0 amide bonds. The second kappa shape index (κ2) is 5.60. The summed E-state index contributed by atoms with van der Waals surface area (Å²) in [5.74, 6) is -0.0417. The van der Waals surface area contributed by atoms with Gasteiger partial charge in [0.1, 0.15) is 5.82 Å². The van der Waals surface area contributed by atoms with Gasteiger partial charge in [0.15, 0.2) is 0 Å². The van der Waals surface area contributed by atoms with Gasteiger partial charge in [-0.1, -0.05) is 17.3 Å². The maximum absolute atomic E-state index is 14.2. The van der Waals surface area contributed by atoms with E-state index in [1.165, 1.54) is 12.3 Å². The van der Waals surface area contributed by atoms with Crippen LogP contribution in [-0.4, -0.2) is 36.4 Å². The number of nitrogens with two attached hydrogens (primary N) is 1. The van der Waals surface area contributed by atoms with E-state index in [2.05, 4.69) is 10.1 Å². The number of ether oxygens (including phenoxy) is 1. The smallest absolute Gasteiger partial charge is 0.229 e. The normalized spacial score (nSPS) is 16.4. The summed E-state index contributed by atoms with van der Waals surface area (Å²) in [6.45, 7) is 3.67. The topological polar surface area (TPSA) is 64.5 Å². The van der Waals surface area contributed by atoms with Crippen molar-refractivity contribution >= 4 is 5.88 Å². The molecule has 6 heteroatoms. The van der Waals surface area contributed by atoms with Crippen LogP contribution in [0.4, 0.5) is 10.3 Å². The molecule has 0 bridgehead atoms. The van der Waals surface area contributed by atoms with Crippen LogP contribution >= 0.6 is 0 Å². The maximum Gasteiger partial charge on any atom is 0.229 e. The number of rotatable bonds is 3. The predicted octanol–water partition coefficient (Wildman–Crippen LogP) is 1.90. The van der Waals surface area contributed by atoms with E-state index >= 15 is 0 Å². The Morgan fingerprint density at radius 2 is 2.10 bits per heavy atom. The van der Waals surface area contributed by atoms with Crippen molar-refractivity contribution in [2.75, 3.05) is 32.0 Å². The second-order valence-electron chi connectivity index (χ2n) is 4.80. The van der Waals surface area contributed by atoms with Gasteiger partial charge in [-0.2, -0.15) is 0 Å². The lowest BCUT2D eigenvalue weighted by Gasteiger charge is -2.26. The molecule has 2 N–H and O–H groups in total. The van der Waals surface area contributed by atoms with E-state index in [0.717, 1.165) is 13.1 Å². The highest BCUT2D eigenvalue weighted by Gasteiger charge is 2.14. The van der Waals surface area contributed by atoms with Gasteiger partial charge in [0.2, 0.25) is 5.88 Å². The van der Waals surface area contributed by atoms with Crippen molar-refractivity contribution in [3.8, 4) is 11.1 Å². The minimum absolute atomic E-state index is 0.199. The summed E-state index contributed by atoms with van der Waals surface area (Å²) in [4.78, 5) is 2.18. The lowest BCUT2D eigenvalue weighted by Crippen LogP contribution is -2.35. The zero-order valence-corrected chi connectivity index (χ0v) is 11.0. The molecule has 5 nitrogen and oxygen atoms in total. The summed E-state index contributed by atoms with van der Waals surface area (Å²) in [7, 11) is 0. The lowest BCUT2D eigenvalue weighted by atomic mass is 10.1. The molecule has 0 aliphatic carbocycles. The van der Waals surface area contributed by atoms with Crippen LogP contribution in [0.15, 0.2) is 28.9 Å². The molecule has 1 aliphatic rings. The van der Waals surface area contributed by atoms with Gasteiger partial charge in [0.05, 0.1) is 25.0 Å². The molecule has 20 heavy (non-hydrogen) atoms. The monoisotopic (exact) mass is 277 g/mol. The van der Waals surface area contributed by atoms with E-state index in [-0.39, 0.29) is 11.7 Å². The Hall–Kier alpha value is -1.92. The Balaban J connectivity index is 1.79. The molecular weight excluding hydrogens is 261 g/mol. The minimum atomic E-state index is -0.241. The minimum Gasteiger partial charge on any atom is -0.379 e. The van der Waals surface area contributed by atoms with Gasteiger partial charge in [-0.15, -0.1) is 0 Å². The quantitative estimate of drug-likeness (QED) is 0.928. The van der Waals surface area contributed by atoms with E-state index < -0.39 is 0 Å². The highest BCUT2D eigenvalue weighted by molar-refractivity contribution is 5.71. The number of hydrogen-bond acceptors (Lipinski definition) is 5. The van der Waals surface area contributed by atoms with E-state index in [0.29, 0.717) is 36.4 Å². The molecule has 2 aromatic rings. The van der Waals surface area contributed by atoms with Crippen molar-refractivity contribution in [1.29, 1.82) is 0 Å². The largest absolute Gasteiger partial charge is 0.379 e. The van der Waals surface area contributed by atoms with Gasteiger partial charge in [-0.05, 0) is 11.6 Å². The number of hydrogen-bond donors (Lipinski definition) is 1. The number of nitrogen functional groups attached to an aromatic ring is 1. The van der Waals surface area contributed by atoms with E-state index in [1.807, 2.05) is 6.07 Å². The van der Waals surface area contributed by atoms with Crippen LogP contribution in [0.3, 0.4) is 0 Å². The first-order valence-corrected chi connectivity index (χ1v) is 6.53. The molecule has 0 unspecified atom stereocenters. The van der Waals surface area contributed by atoms with Crippen LogP contribution in [0.2, 0.25) is 0 Å². The van der Waals surface area contributed by atoms with Gasteiger partial charge >= 0.3 is 0 Å². The Kier molecular flexibility index (Phi) is 3.66. The number of nitrogens with zero attached hydrogens (tertiary/aromatic N) is 2. The number of anilines is 1. The molecule has 0 atom stereocenters. The van der Waals surface area contributed by atoms with Crippen molar-refractivity contribution < 1.29 is 13.7 Å². The second-order valence-corrected chi connectivity index (χ2v) is 4.80. The highest BCUT2D eigenvalue weighted by atomic mass is 19.1. The fraction of sp³-hybridized carbons (Fsp3) is 0.357. The fourth-order valence-corrected chi connectivity index (χ4v) is 2.31. The third kappa shape index (κ3) is 2.66. The average Bonchev–Trinajstić information content (AvgIpc) is 2.88. The van der Waals surface area contributed by atoms with Gasteiger partial charge in [-0.3, -0.25) is 4.90 Å². The van der Waals surface area contributed by atoms with Crippen molar-refractivity contribution in [2.45, 2.75) is 6.54 Å². The maximum atomic E-state index is 14.2. The zero-order chi connectivity index (χ0) is 13.9. The van der Waals surface area contributed by atoms with Gasteiger partial charge in [0, 0.05) is 25.2 Å². The first-order chi connectivity index (χ1) is 9.74. The average molecular weight is 277 g/mol. The standard InChI is InChI=1S/C14H16FN3O2/c15-13-7-10(12-8-17-20-14(12)16)1-2-11(13)9-18-3-5-19-6-4-18/h1-2,7-8H,3-6,9,16H2. The van der Waals surface area contributed by atoms with Crippen molar-refractivity contribution in [3.63, 3.8) is 0 Å². The summed E-state index contributed by atoms with van der Waals surface area (Å²) in [5, 5.41) is 3.60. The Morgan fingerprint density at radius 1 is 1.30 bits per heavy atom. The summed E-state index contributed by atoms with van der Waals surface area (Å²) in [5.41, 5.74) is 7.59. The summed E-state index contributed by atoms with van der Waals surface area (Å²) >= 11 is 0. The van der Waals surface area contributed by atoms with Crippen LogP contribution in [0.5, 0.6) is 0 Å². The number of benzene rings is 1. The molecule has 1 saturated heterocycles. The van der Waals surface area contributed by atoms with E-state index in [1.54, 1.807) is 6.07 Å². The van der Waals surface area contributed by atoms with Crippen LogP contribution in [0.25, 0.3) is 11.1 Å². The number of aromatic nitrogens is 1. The predicted molar refractivity (Wildman–Crippen MR) is 72.4 cm³/mol. The zero-order valence-electron chi connectivity index (χ0n) is 11.0. The third-order valence-corrected chi connectivity index (χ3v) is 3.46. The van der Waals surface area contributed by atoms with Gasteiger partial charge in [-0.25, -0.2) is 4.39 Å². The summed E-state index contributed by atoms with van der Waals surface area (Å²) in [6, 6.07) is 5.09. The van der Waals surface area contributed by atoms with Crippen molar-refractivity contribution in [3.05, 3.63) is 35.8 Å². The van der Waals surface area contributed by atoms with Gasteiger partial charge < -0.3 is 15.0 Å².